The molecule has 3 aliphatic rings. The zero-order valence-corrected chi connectivity index (χ0v) is 8.48. The van der Waals surface area contributed by atoms with Crippen LogP contribution in [0.4, 0.5) is 0 Å². The zero-order valence-electron chi connectivity index (χ0n) is 8.48. The van der Waals surface area contributed by atoms with E-state index in [0.29, 0.717) is 0 Å². The fraction of sp³-hybridized carbons (Fsp3) is 0.917. The van der Waals surface area contributed by atoms with Gasteiger partial charge in [0, 0.05) is 0 Å². The van der Waals surface area contributed by atoms with Crippen molar-refractivity contribution in [3.8, 4) is 0 Å². The highest BCUT2D eigenvalue weighted by Gasteiger charge is 2.53. The Morgan fingerprint density at radius 1 is 1.14 bits per heavy atom. The molecule has 3 saturated carbocycles. The van der Waals surface area contributed by atoms with Gasteiger partial charge in [0.2, 0.25) is 6.08 Å². The van der Waals surface area contributed by atoms with Crippen LogP contribution in [0.15, 0.2) is 4.99 Å². The van der Waals surface area contributed by atoms with Crippen LogP contribution >= 0.6 is 0 Å². The van der Waals surface area contributed by atoms with Crippen LogP contribution < -0.4 is 0 Å². The molecule has 0 amide bonds. The molecule has 14 heavy (non-hydrogen) atoms. The fourth-order valence-corrected chi connectivity index (χ4v) is 4.57. The van der Waals surface area contributed by atoms with Gasteiger partial charge < -0.3 is 0 Å². The summed E-state index contributed by atoms with van der Waals surface area (Å²) >= 11 is 0. The molecule has 0 saturated heterocycles. The topological polar surface area (TPSA) is 29.4 Å². The van der Waals surface area contributed by atoms with Gasteiger partial charge in [-0.3, -0.25) is 0 Å². The molecule has 76 valence electrons. The predicted octanol–water partition coefficient (Wildman–Crippen LogP) is 2.39. The van der Waals surface area contributed by atoms with Gasteiger partial charge >= 0.3 is 0 Å². The lowest BCUT2D eigenvalue weighted by atomic mass is 9.76. The predicted molar refractivity (Wildman–Crippen MR) is 53.5 cm³/mol. The maximum Gasteiger partial charge on any atom is 0.234 e. The molecule has 0 radical (unpaired) electrons. The Hall–Kier alpha value is -0.620. The maximum absolute atomic E-state index is 10.1. The Balaban J connectivity index is 1.73. The van der Waals surface area contributed by atoms with Gasteiger partial charge in [-0.15, -0.1) is 0 Å². The van der Waals surface area contributed by atoms with Crippen LogP contribution in [0.1, 0.15) is 32.1 Å². The number of hydrogen-bond donors (Lipinski definition) is 0. The highest BCUT2D eigenvalue weighted by molar-refractivity contribution is 5.32. The van der Waals surface area contributed by atoms with Gasteiger partial charge in [-0.1, -0.05) is 6.42 Å². The fourth-order valence-electron chi connectivity index (χ4n) is 4.57. The van der Waals surface area contributed by atoms with E-state index >= 15 is 0 Å². The maximum atomic E-state index is 10.1. The standard InChI is InChI=1S/C12H17NO/c14-7-13-6-9-4-8-5-12(9)11-3-1-2-10(8)11/h8-12H,1-6H2. The number of hydrogen-bond acceptors (Lipinski definition) is 2. The second kappa shape index (κ2) is 3.20. The average molecular weight is 191 g/mol. The van der Waals surface area contributed by atoms with E-state index in [4.69, 9.17) is 0 Å². The lowest BCUT2D eigenvalue weighted by molar-refractivity contribution is 0.194. The highest BCUT2D eigenvalue weighted by Crippen LogP contribution is 2.60. The molecular weight excluding hydrogens is 174 g/mol. The van der Waals surface area contributed by atoms with Gasteiger partial charge in [0.05, 0.1) is 6.54 Å². The molecule has 5 atom stereocenters. The summed E-state index contributed by atoms with van der Waals surface area (Å²) in [6.45, 7) is 0.758. The minimum atomic E-state index is 0.723. The van der Waals surface area contributed by atoms with Crippen LogP contribution in [0.3, 0.4) is 0 Å². The summed E-state index contributed by atoms with van der Waals surface area (Å²) in [6, 6.07) is 0. The zero-order chi connectivity index (χ0) is 9.54. The van der Waals surface area contributed by atoms with Crippen molar-refractivity contribution in [2.45, 2.75) is 32.1 Å². The third-order valence-corrected chi connectivity index (χ3v) is 4.96. The van der Waals surface area contributed by atoms with Gasteiger partial charge in [0.15, 0.2) is 0 Å². The molecule has 3 aliphatic carbocycles. The molecule has 0 aliphatic heterocycles. The molecule has 2 heteroatoms. The van der Waals surface area contributed by atoms with Crippen molar-refractivity contribution in [2.24, 2.45) is 34.6 Å². The molecule has 0 aromatic heterocycles. The van der Waals surface area contributed by atoms with E-state index in [-0.39, 0.29) is 0 Å². The van der Waals surface area contributed by atoms with Crippen molar-refractivity contribution in [1.82, 2.24) is 0 Å². The first-order chi connectivity index (χ1) is 6.90. The first-order valence-electron chi connectivity index (χ1n) is 5.94. The summed E-state index contributed by atoms with van der Waals surface area (Å²) in [6.07, 6.45) is 8.86. The van der Waals surface area contributed by atoms with Crippen LogP contribution in [0.25, 0.3) is 0 Å². The van der Waals surface area contributed by atoms with Crippen molar-refractivity contribution >= 4 is 6.08 Å². The van der Waals surface area contributed by atoms with Gasteiger partial charge in [-0.2, -0.15) is 0 Å². The SMILES string of the molecule is O=C=NCC1CC2CC1C1CCCC21. The molecular formula is C12H17NO. The molecule has 3 rings (SSSR count). The number of carbonyl (C=O) groups excluding carboxylic acids is 1. The number of nitrogens with zero attached hydrogens (tertiary/aromatic N) is 1. The second-order valence-electron chi connectivity index (χ2n) is 5.35. The molecule has 0 spiro atoms. The third kappa shape index (κ3) is 1.10. The summed E-state index contributed by atoms with van der Waals surface area (Å²) in [7, 11) is 0. The molecule has 3 fully saturated rings. The van der Waals surface area contributed by atoms with E-state index in [1.807, 2.05) is 0 Å². The normalized spacial score (nSPS) is 49.0. The van der Waals surface area contributed by atoms with E-state index in [0.717, 1.165) is 36.1 Å². The number of aliphatic imine (C=N–C) groups is 1. The van der Waals surface area contributed by atoms with Gasteiger partial charge in [-0.25, -0.2) is 9.79 Å². The molecule has 0 N–H and O–H groups in total. The molecule has 5 unspecified atom stereocenters. The monoisotopic (exact) mass is 191 g/mol. The highest BCUT2D eigenvalue weighted by atomic mass is 16.1. The Morgan fingerprint density at radius 3 is 2.86 bits per heavy atom. The second-order valence-corrected chi connectivity index (χ2v) is 5.35. The Morgan fingerprint density at radius 2 is 2.00 bits per heavy atom. The summed E-state index contributed by atoms with van der Waals surface area (Å²) in [4.78, 5) is 13.9. The summed E-state index contributed by atoms with van der Waals surface area (Å²) in [5, 5.41) is 0. The minimum Gasteiger partial charge on any atom is -0.211 e. The molecule has 0 aromatic carbocycles. The Labute approximate surface area is 84.8 Å². The van der Waals surface area contributed by atoms with Crippen LogP contribution in [0, 0.1) is 29.6 Å². The van der Waals surface area contributed by atoms with E-state index in [9.17, 15) is 4.79 Å². The van der Waals surface area contributed by atoms with E-state index in [2.05, 4.69) is 4.99 Å². The first kappa shape index (κ1) is 8.67. The molecule has 0 heterocycles. The lowest BCUT2D eigenvalue weighted by Crippen LogP contribution is -2.25. The smallest absolute Gasteiger partial charge is 0.211 e. The van der Waals surface area contributed by atoms with Crippen LogP contribution in [0.2, 0.25) is 0 Å². The largest absolute Gasteiger partial charge is 0.234 e. The summed E-state index contributed by atoms with van der Waals surface area (Å²) in [5.74, 6) is 4.67. The van der Waals surface area contributed by atoms with E-state index in [1.54, 1.807) is 6.08 Å². The first-order valence-corrected chi connectivity index (χ1v) is 5.94. The van der Waals surface area contributed by atoms with Crippen LogP contribution in [-0.4, -0.2) is 12.6 Å². The summed E-state index contributed by atoms with van der Waals surface area (Å²) in [5.41, 5.74) is 0. The lowest BCUT2D eigenvalue weighted by Gasteiger charge is -2.30. The van der Waals surface area contributed by atoms with Crippen molar-refractivity contribution in [1.29, 1.82) is 0 Å². The quantitative estimate of drug-likeness (QED) is 0.487. The molecule has 0 aromatic rings. The van der Waals surface area contributed by atoms with Gasteiger partial charge in [-0.05, 0) is 55.3 Å². The van der Waals surface area contributed by atoms with E-state index in [1.165, 1.54) is 32.1 Å². The van der Waals surface area contributed by atoms with Crippen molar-refractivity contribution in [3.05, 3.63) is 0 Å². The van der Waals surface area contributed by atoms with E-state index < -0.39 is 0 Å². The molecule has 2 bridgehead atoms. The number of isocyanates is 1. The number of fused-ring (bicyclic) bond motifs is 5. The van der Waals surface area contributed by atoms with Crippen molar-refractivity contribution in [3.63, 3.8) is 0 Å². The average Bonchev–Trinajstić information content (AvgIpc) is 2.85. The van der Waals surface area contributed by atoms with Crippen LogP contribution in [-0.2, 0) is 4.79 Å². The third-order valence-electron chi connectivity index (χ3n) is 4.96. The van der Waals surface area contributed by atoms with Gasteiger partial charge in [0.1, 0.15) is 0 Å². The summed E-state index contributed by atoms with van der Waals surface area (Å²) < 4.78 is 0. The Bertz CT molecular complexity index is 282. The minimum absolute atomic E-state index is 0.723. The van der Waals surface area contributed by atoms with Gasteiger partial charge in [0.25, 0.3) is 0 Å². The Kier molecular flexibility index (Phi) is 1.98. The van der Waals surface area contributed by atoms with Crippen LogP contribution in [0.5, 0.6) is 0 Å². The van der Waals surface area contributed by atoms with Crippen molar-refractivity contribution in [2.75, 3.05) is 6.54 Å². The number of rotatable bonds is 2. The van der Waals surface area contributed by atoms with Crippen molar-refractivity contribution < 1.29 is 4.79 Å². The molecule has 2 nitrogen and oxygen atoms in total.